The number of nitrogens with zero attached hydrogens (tertiary/aromatic N) is 3. The number of carbonyl (C=O) groups excluding carboxylic acids is 2. The number of carbonyl (C=O) groups is 2. The van der Waals surface area contributed by atoms with Gasteiger partial charge in [0.1, 0.15) is 22.4 Å². The number of anilines is 1. The molecule has 0 atom stereocenters. The van der Waals surface area contributed by atoms with E-state index in [0.29, 0.717) is 16.4 Å². The lowest BCUT2D eigenvalue weighted by atomic mass is 10.1. The molecule has 1 heterocycles. The molecule has 1 amide bonds. The summed E-state index contributed by atoms with van der Waals surface area (Å²) in [7, 11) is 0. The van der Waals surface area contributed by atoms with Gasteiger partial charge < -0.3 is 4.74 Å². The van der Waals surface area contributed by atoms with Crippen molar-refractivity contribution in [3.63, 3.8) is 0 Å². The van der Waals surface area contributed by atoms with E-state index < -0.39 is 11.9 Å². The smallest absolute Gasteiger partial charge is 0.308 e. The molecule has 0 aliphatic rings. The molecule has 0 bridgehead atoms. The molecule has 0 saturated heterocycles. The van der Waals surface area contributed by atoms with Crippen molar-refractivity contribution < 1.29 is 14.3 Å². The number of rotatable bonds is 5. The van der Waals surface area contributed by atoms with Crippen molar-refractivity contribution in [3.8, 4) is 11.8 Å². The quantitative estimate of drug-likeness (QED) is 0.387. The Kier molecular flexibility index (Phi) is 5.76. The van der Waals surface area contributed by atoms with Crippen LogP contribution in [0.3, 0.4) is 0 Å². The minimum absolute atomic E-state index is 0.0662. The third-order valence-corrected chi connectivity index (χ3v) is 3.79. The molecular formula is C16H14N4O3S. The minimum Gasteiger partial charge on any atom is -0.427 e. The Bertz CT molecular complexity index is 819. The molecule has 7 nitrogen and oxygen atoms in total. The summed E-state index contributed by atoms with van der Waals surface area (Å²) in [4.78, 5) is 23.0. The summed E-state index contributed by atoms with van der Waals surface area (Å²) in [5, 5.41) is 20.6. The van der Waals surface area contributed by atoms with Crippen LogP contribution in [0.2, 0.25) is 0 Å². The Labute approximate surface area is 142 Å². The Morgan fingerprint density at radius 1 is 1.33 bits per heavy atom. The predicted molar refractivity (Wildman–Crippen MR) is 89.3 cm³/mol. The second-order valence-electron chi connectivity index (χ2n) is 4.64. The van der Waals surface area contributed by atoms with Crippen LogP contribution >= 0.6 is 11.3 Å². The van der Waals surface area contributed by atoms with E-state index in [1.165, 1.54) is 24.3 Å². The average molecular weight is 342 g/mol. The molecular weight excluding hydrogens is 328 g/mol. The highest BCUT2D eigenvalue weighted by molar-refractivity contribution is 7.15. The third-order valence-electron chi connectivity index (χ3n) is 2.81. The lowest BCUT2D eigenvalue weighted by Crippen LogP contribution is -2.13. The highest BCUT2D eigenvalue weighted by Crippen LogP contribution is 2.18. The molecule has 0 unspecified atom stereocenters. The number of ether oxygens (including phenoxy) is 1. The van der Waals surface area contributed by atoms with Crippen LogP contribution in [0.5, 0.6) is 5.75 Å². The van der Waals surface area contributed by atoms with E-state index in [-0.39, 0.29) is 5.57 Å². The van der Waals surface area contributed by atoms with Gasteiger partial charge in [-0.3, -0.25) is 14.9 Å². The van der Waals surface area contributed by atoms with E-state index in [2.05, 4.69) is 15.5 Å². The number of hydrogen-bond donors (Lipinski definition) is 1. The number of nitriles is 1. The van der Waals surface area contributed by atoms with Gasteiger partial charge in [-0.1, -0.05) is 30.4 Å². The van der Waals surface area contributed by atoms with E-state index >= 15 is 0 Å². The van der Waals surface area contributed by atoms with Gasteiger partial charge in [-0.25, -0.2) is 0 Å². The molecule has 2 rings (SSSR count). The first-order valence-electron chi connectivity index (χ1n) is 7.05. The highest BCUT2D eigenvalue weighted by Gasteiger charge is 2.12. The van der Waals surface area contributed by atoms with E-state index in [1.54, 1.807) is 24.3 Å². The summed E-state index contributed by atoms with van der Waals surface area (Å²) in [6.07, 6.45) is 2.16. The van der Waals surface area contributed by atoms with Crippen LogP contribution in [0, 0.1) is 11.3 Å². The predicted octanol–water partition coefficient (Wildman–Crippen LogP) is 2.57. The second kappa shape index (κ2) is 7.99. The second-order valence-corrected chi connectivity index (χ2v) is 5.70. The Morgan fingerprint density at radius 3 is 2.58 bits per heavy atom. The van der Waals surface area contributed by atoms with E-state index in [0.717, 1.165) is 11.4 Å². The van der Waals surface area contributed by atoms with E-state index in [4.69, 9.17) is 4.74 Å². The molecule has 0 radical (unpaired) electrons. The van der Waals surface area contributed by atoms with Gasteiger partial charge in [-0.15, -0.1) is 10.2 Å². The largest absolute Gasteiger partial charge is 0.427 e. The maximum absolute atomic E-state index is 12.1. The number of nitrogens with one attached hydrogen (secondary N) is 1. The summed E-state index contributed by atoms with van der Waals surface area (Å²) in [6, 6.07) is 8.31. The van der Waals surface area contributed by atoms with Crippen molar-refractivity contribution >= 4 is 34.4 Å². The minimum atomic E-state index is -0.555. The van der Waals surface area contributed by atoms with Gasteiger partial charge in [0.25, 0.3) is 5.91 Å². The van der Waals surface area contributed by atoms with Crippen LogP contribution < -0.4 is 10.1 Å². The zero-order valence-corrected chi connectivity index (χ0v) is 13.9. The first-order valence-corrected chi connectivity index (χ1v) is 7.87. The molecule has 1 N–H and O–H groups in total. The zero-order valence-electron chi connectivity index (χ0n) is 13.1. The van der Waals surface area contributed by atoms with E-state index in [9.17, 15) is 14.9 Å². The first-order chi connectivity index (χ1) is 11.5. The van der Waals surface area contributed by atoms with Crippen LogP contribution in [0.1, 0.15) is 24.4 Å². The standard InChI is InChI=1S/C16H14N4O3S/c1-3-14-19-20-16(24-14)18-15(22)12(9-17)8-11-4-6-13(7-5-11)23-10(2)21/h4-8H,3H2,1-2H3,(H,18,20,22). The van der Waals surface area contributed by atoms with Crippen molar-refractivity contribution in [2.75, 3.05) is 5.32 Å². The lowest BCUT2D eigenvalue weighted by Gasteiger charge is -2.02. The van der Waals surface area contributed by atoms with Crippen LogP contribution in [0.25, 0.3) is 6.08 Å². The topological polar surface area (TPSA) is 105 Å². The Morgan fingerprint density at radius 2 is 2.04 bits per heavy atom. The number of esters is 1. The fourth-order valence-corrected chi connectivity index (χ4v) is 2.40. The summed E-state index contributed by atoms with van der Waals surface area (Å²) >= 11 is 1.26. The third kappa shape index (κ3) is 4.72. The summed E-state index contributed by atoms with van der Waals surface area (Å²) < 4.78 is 4.92. The molecule has 0 spiro atoms. The van der Waals surface area contributed by atoms with Gasteiger partial charge >= 0.3 is 5.97 Å². The molecule has 122 valence electrons. The number of aromatic nitrogens is 2. The van der Waals surface area contributed by atoms with Gasteiger partial charge in [0.15, 0.2) is 0 Å². The Hall–Kier alpha value is -3.05. The highest BCUT2D eigenvalue weighted by atomic mass is 32.1. The van der Waals surface area contributed by atoms with Gasteiger partial charge in [-0.05, 0) is 30.2 Å². The van der Waals surface area contributed by atoms with E-state index in [1.807, 2.05) is 13.0 Å². The van der Waals surface area contributed by atoms with Crippen molar-refractivity contribution in [2.45, 2.75) is 20.3 Å². The monoisotopic (exact) mass is 342 g/mol. The fraction of sp³-hybridized carbons (Fsp3) is 0.188. The molecule has 0 aliphatic carbocycles. The SMILES string of the molecule is CCc1nnc(NC(=O)C(C#N)=Cc2ccc(OC(C)=O)cc2)s1. The number of benzene rings is 1. The molecule has 0 aliphatic heterocycles. The van der Waals surface area contributed by atoms with Crippen LogP contribution in [-0.4, -0.2) is 22.1 Å². The molecule has 0 saturated carbocycles. The molecule has 8 heteroatoms. The zero-order chi connectivity index (χ0) is 17.5. The van der Waals surface area contributed by atoms with Crippen molar-refractivity contribution in [2.24, 2.45) is 0 Å². The number of hydrogen-bond acceptors (Lipinski definition) is 7. The maximum Gasteiger partial charge on any atom is 0.308 e. The van der Waals surface area contributed by atoms with Crippen LogP contribution in [0.4, 0.5) is 5.13 Å². The number of amides is 1. The maximum atomic E-state index is 12.1. The van der Waals surface area contributed by atoms with Crippen LogP contribution in [0.15, 0.2) is 29.8 Å². The van der Waals surface area contributed by atoms with Gasteiger partial charge in [-0.2, -0.15) is 5.26 Å². The van der Waals surface area contributed by atoms with Gasteiger partial charge in [0, 0.05) is 6.92 Å². The van der Waals surface area contributed by atoms with Crippen molar-refractivity contribution in [3.05, 3.63) is 40.4 Å². The summed E-state index contributed by atoms with van der Waals surface area (Å²) in [5.41, 5.74) is 0.563. The molecule has 24 heavy (non-hydrogen) atoms. The average Bonchev–Trinajstić information content (AvgIpc) is 3.01. The summed E-state index contributed by atoms with van der Waals surface area (Å²) in [6.45, 7) is 3.25. The fourth-order valence-electron chi connectivity index (χ4n) is 1.72. The van der Waals surface area contributed by atoms with Crippen molar-refractivity contribution in [1.29, 1.82) is 5.26 Å². The lowest BCUT2D eigenvalue weighted by molar-refractivity contribution is -0.131. The normalized spacial score (nSPS) is 10.8. The molecule has 1 aromatic carbocycles. The van der Waals surface area contributed by atoms with Crippen LogP contribution in [-0.2, 0) is 16.0 Å². The van der Waals surface area contributed by atoms with Crippen molar-refractivity contribution in [1.82, 2.24) is 10.2 Å². The molecule has 2 aromatic rings. The molecule has 1 aromatic heterocycles. The van der Waals surface area contributed by atoms with Gasteiger partial charge in [0.2, 0.25) is 5.13 Å². The molecule has 0 fully saturated rings. The Balaban J connectivity index is 2.11. The van der Waals surface area contributed by atoms with Gasteiger partial charge in [0.05, 0.1) is 0 Å². The summed E-state index contributed by atoms with van der Waals surface area (Å²) in [5.74, 6) is -0.581. The number of aryl methyl sites for hydroxylation is 1. The first kappa shape index (κ1) is 17.3.